The van der Waals surface area contributed by atoms with E-state index in [4.69, 9.17) is 16.3 Å². The minimum atomic E-state index is -4.47. The molecule has 5 rings (SSSR count). The second-order valence-electron chi connectivity index (χ2n) is 10.9. The van der Waals surface area contributed by atoms with E-state index >= 15 is 0 Å². The molecule has 0 bridgehead atoms. The molecular weight excluding hydrogens is 607 g/mol. The number of anilines is 1. The average Bonchev–Trinajstić information content (AvgIpc) is 3.44. The molecule has 3 heterocycles. The van der Waals surface area contributed by atoms with Crippen molar-refractivity contribution in [1.29, 1.82) is 0 Å². The van der Waals surface area contributed by atoms with Crippen LogP contribution >= 0.6 is 11.6 Å². The molecule has 7 nitrogen and oxygen atoms in total. The van der Waals surface area contributed by atoms with Gasteiger partial charge in [0.05, 0.1) is 16.6 Å². The van der Waals surface area contributed by atoms with Crippen LogP contribution in [0.25, 0.3) is 0 Å². The van der Waals surface area contributed by atoms with Gasteiger partial charge in [-0.1, -0.05) is 17.7 Å². The van der Waals surface area contributed by atoms with Gasteiger partial charge in [-0.15, -0.1) is 0 Å². The van der Waals surface area contributed by atoms with E-state index in [1.807, 2.05) is 4.90 Å². The van der Waals surface area contributed by atoms with E-state index in [9.17, 15) is 31.5 Å². The largest absolute Gasteiger partial charge is 0.417 e. The number of likely N-dealkylation sites (N-methyl/N-ethyl adjacent to an activating group) is 1. The number of amides is 2. The lowest BCUT2D eigenvalue weighted by Crippen LogP contribution is -2.47. The lowest BCUT2D eigenvalue weighted by atomic mass is 9.93. The van der Waals surface area contributed by atoms with E-state index in [1.54, 1.807) is 17.9 Å². The van der Waals surface area contributed by atoms with Crippen molar-refractivity contribution in [3.05, 3.63) is 88.6 Å². The number of carbonyl (C=O) groups is 2. The minimum Gasteiger partial charge on any atom is -0.410 e. The van der Waals surface area contributed by atoms with Crippen molar-refractivity contribution in [2.75, 3.05) is 37.6 Å². The van der Waals surface area contributed by atoms with Crippen molar-refractivity contribution >= 4 is 29.4 Å². The summed E-state index contributed by atoms with van der Waals surface area (Å²) in [5, 5.41) is -0.0476. The molecule has 0 aliphatic carbocycles. The maximum atomic E-state index is 14.5. The highest BCUT2D eigenvalue weighted by Gasteiger charge is 2.43. The van der Waals surface area contributed by atoms with Crippen molar-refractivity contribution in [3.63, 3.8) is 0 Å². The number of aromatic nitrogens is 1. The van der Waals surface area contributed by atoms with E-state index in [-0.39, 0.29) is 42.2 Å². The molecular formula is C31H30ClF5N4O3. The molecule has 2 aromatic carbocycles. The molecule has 3 aromatic rings. The molecule has 2 atom stereocenters. The highest BCUT2D eigenvalue weighted by Crippen LogP contribution is 2.36. The number of alkyl halides is 3. The van der Waals surface area contributed by atoms with Crippen molar-refractivity contribution < 1.29 is 36.3 Å². The zero-order chi connectivity index (χ0) is 31.6. The summed E-state index contributed by atoms with van der Waals surface area (Å²) < 4.78 is 72.1. The Hall–Kier alpha value is -3.93. The molecule has 1 unspecified atom stereocenters. The summed E-state index contributed by atoms with van der Waals surface area (Å²) in [5.74, 6) is -1.43. The molecule has 1 aromatic heterocycles. The normalized spacial score (nSPS) is 19.2. The van der Waals surface area contributed by atoms with Crippen molar-refractivity contribution in [2.45, 2.75) is 37.9 Å². The third kappa shape index (κ3) is 6.90. The zero-order valence-corrected chi connectivity index (χ0v) is 24.5. The van der Waals surface area contributed by atoms with Crippen LogP contribution in [-0.4, -0.2) is 65.5 Å². The van der Waals surface area contributed by atoms with Gasteiger partial charge in [0.1, 0.15) is 23.2 Å². The first-order valence-electron chi connectivity index (χ1n) is 14.2. The van der Waals surface area contributed by atoms with Gasteiger partial charge in [-0.2, -0.15) is 13.2 Å². The first kappa shape index (κ1) is 31.5. The number of pyridine rings is 1. The third-order valence-electron chi connectivity index (χ3n) is 8.21. The highest BCUT2D eigenvalue weighted by molar-refractivity contribution is 6.30. The van der Waals surface area contributed by atoms with Gasteiger partial charge in [0.15, 0.2) is 0 Å². The van der Waals surface area contributed by atoms with E-state index in [1.165, 1.54) is 47.4 Å². The number of piperidine rings is 1. The van der Waals surface area contributed by atoms with Gasteiger partial charge >= 0.3 is 12.3 Å². The number of ether oxygens (including phenoxy) is 1. The number of hydrogen-bond donors (Lipinski definition) is 0. The number of likely N-dealkylation sites (tertiary alicyclic amines) is 1. The Kier molecular flexibility index (Phi) is 9.28. The smallest absolute Gasteiger partial charge is 0.410 e. The molecule has 0 radical (unpaired) electrons. The topological polar surface area (TPSA) is 66.0 Å². The van der Waals surface area contributed by atoms with Crippen LogP contribution in [0.1, 0.15) is 36.8 Å². The van der Waals surface area contributed by atoms with E-state index in [0.717, 1.165) is 12.3 Å². The lowest BCUT2D eigenvalue weighted by molar-refractivity contribution is -0.138. The molecule has 234 valence electrons. The third-order valence-corrected chi connectivity index (χ3v) is 8.52. The fraction of sp³-hybridized carbons (Fsp3) is 0.387. The number of hydrogen-bond acceptors (Lipinski definition) is 5. The number of benzene rings is 2. The lowest BCUT2D eigenvalue weighted by Gasteiger charge is -2.34. The summed E-state index contributed by atoms with van der Waals surface area (Å²) in [6.45, 7) is 3.27. The Morgan fingerprint density at radius 3 is 2.32 bits per heavy atom. The van der Waals surface area contributed by atoms with Gasteiger partial charge < -0.3 is 19.4 Å². The maximum absolute atomic E-state index is 14.5. The molecule has 2 aliphatic heterocycles. The summed E-state index contributed by atoms with van der Waals surface area (Å²) in [7, 11) is 0. The second-order valence-corrected chi connectivity index (χ2v) is 11.3. The van der Waals surface area contributed by atoms with Gasteiger partial charge in [-0.05, 0) is 73.9 Å². The fourth-order valence-corrected chi connectivity index (χ4v) is 5.99. The molecule has 0 saturated carbocycles. The monoisotopic (exact) mass is 636 g/mol. The Morgan fingerprint density at radius 2 is 1.73 bits per heavy atom. The second kappa shape index (κ2) is 13.0. The van der Waals surface area contributed by atoms with Crippen LogP contribution < -0.4 is 9.64 Å². The van der Waals surface area contributed by atoms with Crippen LogP contribution in [0.3, 0.4) is 0 Å². The first-order chi connectivity index (χ1) is 20.9. The molecule has 0 spiro atoms. The quantitative estimate of drug-likeness (QED) is 0.280. The van der Waals surface area contributed by atoms with Crippen LogP contribution in [0.5, 0.6) is 5.75 Å². The van der Waals surface area contributed by atoms with Crippen molar-refractivity contribution in [2.24, 2.45) is 5.92 Å². The van der Waals surface area contributed by atoms with Crippen molar-refractivity contribution in [1.82, 2.24) is 14.8 Å². The van der Waals surface area contributed by atoms with Crippen LogP contribution in [0.4, 0.5) is 32.6 Å². The fourth-order valence-electron chi connectivity index (χ4n) is 5.87. The zero-order valence-electron chi connectivity index (χ0n) is 23.7. The first-order valence-corrected chi connectivity index (χ1v) is 14.6. The molecule has 13 heteroatoms. The molecule has 44 heavy (non-hydrogen) atoms. The summed E-state index contributed by atoms with van der Waals surface area (Å²) in [6.07, 6.45) is -3.42. The highest BCUT2D eigenvalue weighted by atomic mass is 35.5. The van der Waals surface area contributed by atoms with Crippen molar-refractivity contribution in [3.8, 4) is 5.75 Å². The summed E-state index contributed by atoms with van der Waals surface area (Å²) in [4.78, 5) is 36.0. The number of nitrogens with zero attached hydrogens (tertiary/aromatic N) is 4. The van der Waals surface area contributed by atoms with Crippen LogP contribution in [0.2, 0.25) is 5.02 Å². The van der Waals surface area contributed by atoms with E-state index < -0.39 is 41.4 Å². The molecule has 2 aliphatic rings. The summed E-state index contributed by atoms with van der Waals surface area (Å²) in [6, 6.07) is 11.2. The SMILES string of the molecule is CCN(C(=O)Oc1ccc(F)cc1)[C@@H]1CN(C(=O)C2CCN(c3ccc(C(F)(F)F)cn3)CC2)CC1c1ccc(Cl)c(F)c1. The van der Waals surface area contributed by atoms with Gasteiger partial charge in [-0.3, -0.25) is 4.79 Å². The van der Waals surface area contributed by atoms with Gasteiger partial charge in [0, 0.05) is 50.8 Å². The predicted molar refractivity (Wildman–Crippen MR) is 153 cm³/mol. The Bertz CT molecular complexity index is 1480. The Morgan fingerprint density at radius 1 is 1.02 bits per heavy atom. The minimum absolute atomic E-state index is 0.0476. The Balaban J connectivity index is 1.30. The average molecular weight is 637 g/mol. The van der Waals surface area contributed by atoms with E-state index in [2.05, 4.69) is 4.98 Å². The number of carbonyl (C=O) groups excluding carboxylic acids is 2. The standard InChI is InChI=1S/C31H30ClF5N4O3/c1-2-41(30(43)44-23-7-5-22(33)6-8-23)27-18-40(17-24(27)20-3-9-25(32)26(34)15-20)29(42)19-11-13-39(14-12-19)28-10-4-21(16-38-28)31(35,36)37/h3-10,15-16,19,24,27H,2,11-14,17-18H2,1H3/t24?,27-/m1/s1. The number of rotatable bonds is 6. The van der Waals surface area contributed by atoms with Crippen LogP contribution in [-0.2, 0) is 11.0 Å². The van der Waals surface area contributed by atoms with Crippen LogP contribution in [0.15, 0.2) is 60.8 Å². The predicted octanol–water partition coefficient (Wildman–Crippen LogP) is 6.76. The molecule has 0 N–H and O–H groups in total. The van der Waals surface area contributed by atoms with Gasteiger partial charge in [-0.25, -0.2) is 18.6 Å². The molecule has 2 saturated heterocycles. The summed E-state index contributed by atoms with van der Waals surface area (Å²) in [5.41, 5.74) is -0.254. The van der Waals surface area contributed by atoms with E-state index in [0.29, 0.717) is 37.3 Å². The van der Waals surface area contributed by atoms with Gasteiger partial charge in [0.2, 0.25) is 5.91 Å². The summed E-state index contributed by atoms with van der Waals surface area (Å²) >= 11 is 5.92. The molecule has 2 fully saturated rings. The van der Waals surface area contributed by atoms with Crippen LogP contribution in [0, 0.1) is 17.6 Å². The van der Waals surface area contributed by atoms with Gasteiger partial charge in [0.25, 0.3) is 0 Å². The number of halogens is 6. The maximum Gasteiger partial charge on any atom is 0.417 e. The molecule has 2 amide bonds. The Labute approximate surface area is 256 Å².